The Morgan fingerprint density at radius 1 is 0.765 bits per heavy atom. The number of fused-ring (bicyclic) bond motifs is 3. The summed E-state index contributed by atoms with van der Waals surface area (Å²) < 4.78 is 2.25. The molecule has 0 aliphatic carbocycles. The maximum absolute atomic E-state index is 4.61. The first kappa shape index (κ1) is 26.2. The number of hydrogen-bond donors (Lipinski definition) is 0. The number of aryl methyl sites for hydroxylation is 2. The molecule has 2 heterocycles. The van der Waals surface area contributed by atoms with Gasteiger partial charge in [-0.05, 0) is 52.5 Å². The van der Waals surface area contributed by atoms with Crippen LogP contribution in [0.5, 0.6) is 0 Å². The van der Waals surface area contributed by atoms with Gasteiger partial charge in [-0.1, -0.05) is 101 Å². The van der Waals surface area contributed by atoms with Crippen LogP contribution in [-0.4, -0.2) is 0 Å². The molecule has 0 aliphatic rings. The summed E-state index contributed by atoms with van der Waals surface area (Å²) in [6.45, 7) is 15.5. The fourth-order valence-electron chi connectivity index (χ4n) is 4.34. The number of hydrogen-bond acceptors (Lipinski definition) is 1. The smallest absolute Gasteiger partial charge is 0.657 e. The van der Waals surface area contributed by atoms with Crippen LogP contribution >= 0.6 is 11.3 Å². The second-order valence-corrected chi connectivity index (χ2v) is 10.4. The van der Waals surface area contributed by atoms with Gasteiger partial charge in [0.1, 0.15) is 5.69 Å². The van der Waals surface area contributed by atoms with E-state index in [4.69, 9.17) is 0 Å². The summed E-state index contributed by atoms with van der Waals surface area (Å²) in [4.78, 5) is 5.96. The van der Waals surface area contributed by atoms with Crippen LogP contribution < -0.4 is 9.55 Å². The van der Waals surface area contributed by atoms with Crippen molar-refractivity contribution in [2.75, 3.05) is 0 Å². The molecule has 0 aliphatic heterocycles. The van der Waals surface area contributed by atoms with E-state index in [1.807, 2.05) is 6.07 Å². The third-order valence-electron chi connectivity index (χ3n) is 6.37. The standard InChI is InChI=1S/C17H23NS.C13H10N.Cu/c1-11(2)15-8-7-9-16(12(3)4)17(15)18-10-19-14(6)13(18)5;1-9-5-4-7-11-10-6-2-3-8-12(10)14-13(9)11;/h7-9,11-12H,1-6H3;2-8H,1H3;/q;-1;+2. The number of thiazole rings is 1. The van der Waals surface area contributed by atoms with Gasteiger partial charge >= 0.3 is 17.1 Å². The van der Waals surface area contributed by atoms with Crippen LogP contribution in [0.3, 0.4) is 0 Å². The normalized spacial score (nSPS) is 11.1. The molecule has 2 nitrogen and oxygen atoms in total. The Hall–Kier alpha value is -2.39. The zero-order valence-corrected chi connectivity index (χ0v) is 22.8. The maximum atomic E-state index is 4.61. The van der Waals surface area contributed by atoms with E-state index in [9.17, 15) is 0 Å². The third-order valence-corrected chi connectivity index (χ3v) is 7.24. The van der Waals surface area contributed by atoms with Crippen molar-refractivity contribution in [3.8, 4) is 5.69 Å². The third kappa shape index (κ3) is 5.00. The summed E-state index contributed by atoms with van der Waals surface area (Å²) in [6.07, 6.45) is 0. The second kappa shape index (κ2) is 10.9. The molecule has 0 spiro atoms. The molecule has 3 aromatic carbocycles. The van der Waals surface area contributed by atoms with Gasteiger partial charge in [0.25, 0.3) is 0 Å². The largest absolute Gasteiger partial charge is 2.00 e. The monoisotopic (exact) mass is 516 g/mol. The summed E-state index contributed by atoms with van der Waals surface area (Å²) in [5.41, 5.74) is 12.4. The molecule has 4 heteroatoms. The average Bonchev–Trinajstić information content (AvgIpc) is 3.34. The first-order valence-electron chi connectivity index (χ1n) is 11.7. The second-order valence-electron chi connectivity index (χ2n) is 9.36. The SMILES string of the molecule is Cc1cccc2c1[n-]c1ccccc12.Cc1s[c-][n+](-c2c(C(C)C)cccc2C(C)C)c1C.[Cu+2]. The van der Waals surface area contributed by atoms with Crippen molar-refractivity contribution in [3.63, 3.8) is 0 Å². The molecule has 5 aromatic rings. The Labute approximate surface area is 218 Å². The van der Waals surface area contributed by atoms with Crippen molar-refractivity contribution >= 4 is 33.1 Å². The summed E-state index contributed by atoms with van der Waals surface area (Å²) >= 11 is 1.70. The van der Waals surface area contributed by atoms with E-state index in [1.165, 1.54) is 43.7 Å². The van der Waals surface area contributed by atoms with Crippen molar-refractivity contribution in [2.24, 2.45) is 0 Å². The van der Waals surface area contributed by atoms with E-state index in [-0.39, 0.29) is 17.1 Å². The number of rotatable bonds is 3. The van der Waals surface area contributed by atoms with E-state index < -0.39 is 0 Å². The van der Waals surface area contributed by atoms with Gasteiger partial charge in [0.15, 0.2) is 0 Å². The topological polar surface area (TPSA) is 18.0 Å². The van der Waals surface area contributed by atoms with Gasteiger partial charge in [-0.3, -0.25) is 4.57 Å². The van der Waals surface area contributed by atoms with Crippen LogP contribution in [0.2, 0.25) is 0 Å². The molecule has 0 saturated heterocycles. The molecule has 34 heavy (non-hydrogen) atoms. The molecular formula is C30H33CuN2S+. The van der Waals surface area contributed by atoms with E-state index in [2.05, 4.69) is 118 Å². The summed E-state index contributed by atoms with van der Waals surface area (Å²) in [5.74, 6) is 1.04. The van der Waals surface area contributed by atoms with Crippen molar-refractivity contribution < 1.29 is 21.6 Å². The zero-order chi connectivity index (χ0) is 23.7. The van der Waals surface area contributed by atoms with Gasteiger partial charge in [-0.15, -0.1) is 11.0 Å². The Morgan fingerprint density at radius 2 is 1.35 bits per heavy atom. The Balaban J connectivity index is 0.000000192. The van der Waals surface area contributed by atoms with Crippen LogP contribution in [0.15, 0.2) is 60.7 Å². The molecule has 0 fully saturated rings. The number of para-hydroxylation sites is 3. The van der Waals surface area contributed by atoms with Crippen LogP contribution in [0.4, 0.5) is 0 Å². The van der Waals surface area contributed by atoms with Gasteiger partial charge in [0.2, 0.25) is 5.51 Å². The predicted molar refractivity (Wildman–Crippen MR) is 142 cm³/mol. The summed E-state index contributed by atoms with van der Waals surface area (Å²) in [6, 6.07) is 21.3. The molecule has 0 bridgehead atoms. The molecule has 0 N–H and O–H groups in total. The molecule has 0 atom stereocenters. The first-order chi connectivity index (χ1) is 15.8. The first-order valence-corrected chi connectivity index (χ1v) is 12.5. The van der Waals surface area contributed by atoms with Crippen LogP contribution in [-0.2, 0) is 17.1 Å². The van der Waals surface area contributed by atoms with E-state index in [0.29, 0.717) is 11.8 Å². The van der Waals surface area contributed by atoms with Crippen molar-refractivity contribution in [1.82, 2.24) is 4.98 Å². The Bertz CT molecular complexity index is 1380. The summed E-state index contributed by atoms with van der Waals surface area (Å²) in [5, 5.41) is 2.52. The number of nitrogens with zero attached hydrogens (tertiary/aromatic N) is 2. The van der Waals surface area contributed by atoms with Gasteiger partial charge in [-0.25, -0.2) is 0 Å². The van der Waals surface area contributed by atoms with Gasteiger partial charge in [0, 0.05) is 0 Å². The molecule has 5 rings (SSSR count). The summed E-state index contributed by atoms with van der Waals surface area (Å²) in [7, 11) is 0. The molecule has 179 valence electrons. The molecule has 2 aromatic heterocycles. The van der Waals surface area contributed by atoms with Gasteiger partial charge in [0.05, 0.1) is 5.69 Å². The molecule has 1 radical (unpaired) electrons. The Morgan fingerprint density at radius 3 is 1.94 bits per heavy atom. The van der Waals surface area contributed by atoms with E-state index >= 15 is 0 Å². The minimum atomic E-state index is 0. The molecule has 0 unspecified atom stereocenters. The Kier molecular flexibility index (Phi) is 8.41. The molecule has 0 saturated carbocycles. The maximum Gasteiger partial charge on any atom is 2.00 e. The van der Waals surface area contributed by atoms with Gasteiger partial charge < -0.3 is 4.98 Å². The molecule has 0 amide bonds. The van der Waals surface area contributed by atoms with E-state index in [0.717, 1.165) is 11.0 Å². The number of aromatic nitrogens is 2. The minimum Gasteiger partial charge on any atom is -0.657 e. The molecular weight excluding hydrogens is 484 g/mol. The predicted octanol–water partition coefficient (Wildman–Crippen LogP) is 7.94. The fourth-order valence-corrected chi connectivity index (χ4v) is 5.04. The average molecular weight is 517 g/mol. The quantitative estimate of drug-likeness (QED) is 0.135. The van der Waals surface area contributed by atoms with Crippen LogP contribution in [0.1, 0.15) is 66.8 Å². The number of benzene rings is 3. The van der Waals surface area contributed by atoms with Crippen LogP contribution in [0.25, 0.3) is 27.5 Å². The van der Waals surface area contributed by atoms with E-state index in [1.54, 1.807) is 11.3 Å². The van der Waals surface area contributed by atoms with Crippen molar-refractivity contribution in [1.29, 1.82) is 0 Å². The van der Waals surface area contributed by atoms with Gasteiger partial charge in [-0.2, -0.15) is 11.3 Å². The zero-order valence-electron chi connectivity index (χ0n) is 21.0. The minimum absolute atomic E-state index is 0. The fraction of sp³-hybridized carbons (Fsp3) is 0.300. The van der Waals surface area contributed by atoms with Crippen molar-refractivity contribution in [3.05, 3.63) is 93.4 Å². The van der Waals surface area contributed by atoms with Crippen LogP contribution in [0, 0.1) is 26.3 Å². The van der Waals surface area contributed by atoms with Crippen molar-refractivity contribution in [2.45, 2.75) is 60.3 Å².